The zero-order chi connectivity index (χ0) is 18.4. The molecule has 0 atom stereocenters. The molecule has 3 rings (SSSR count). The van der Waals surface area contributed by atoms with Crippen molar-refractivity contribution in [1.82, 2.24) is 14.9 Å². The van der Waals surface area contributed by atoms with Crippen LogP contribution in [0.2, 0.25) is 0 Å². The predicted octanol–water partition coefficient (Wildman–Crippen LogP) is 4.27. The molecule has 2 aromatic carbocycles. The van der Waals surface area contributed by atoms with Gasteiger partial charge < -0.3 is 14.6 Å². The molecule has 4 heteroatoms. The van der Waals surface area contributed by atoms with E-state index < -0.39 is 0 Å². The zero-order valence-electron chi connectivity index (χ0n) is 16.1. The molecule has 0 saturated heterocycles. The molecule has 3 aromatic rings. The molecule has 1 heterocycles. The number of likely N-dealkylation sites (N-methyl/N-ethyl adjacent to an activating group) is 1. The van der Waals surface area contributed by atoms with Crippen LogP contribution in [0.5, 0.6) is 5.75 Å². The lowest BCUT2D eigenvalue weighted by molar-refractivity contribution is 0.303. The molecule has 0 spiro atoms. The third-order valence-corrected chi connectivity index (χ3v) is 4.83. The summed E-state index contributed by atoms with van der Waals surface area (Å²) in [5, 5.41) is 3.23. The molecule has 1 aromatic heterocycles. The fourth-order valence-corrected chi connectivity index (χ4v) is 3.19. The number of aryl methyl sites for hydroxylation is 3. The van der Waals surface area contributed by atoms with E-state index in [1.54, 1.807) is 0 Å². The van der Waals surface area contributed by atoms with Gasteiger partial charge in [-0.25, -0.2) is 4.98 Å². The van der Waals surface area contributed by atoms with E-state index in [4.69, 9.17) is 9.72 Å². The van der Waals surface area contributed by atoms with Crippen molar-refractivity contribution in [2.45, 2.75) is 39.7 Å². The molecule has 0 radical (unpaired) electrons. The Morgan fingerprint density at radius 2 is 1.81 bits per heavy atom. The van der Waals surface area contributed by atoms with Crippen molar-refractivity contribution >= 4 is 11.0 Å². The fourth-order valence-electron chi connectivity index (χ4n) is 3.19. The van der Waals surface area contributed by atoms with Gasteiger partial charge in [-0.1, -0.05) is 18.2 Å². The largest absolute Gasteiger partial charge is 0.494 e. The van der Waals surface area contributed by atoms with Crippen molar-refractivity contribution < 1.29 is 4.74 Å². The second kappa shape index (κ2) is 8.86. The van der Waals surface area contributed by atoms with Gasteiger partial charge in [-0.05, 0) is 69.1 Å². The van der Waals surface area contributed by atoms with Crippen LogP contribution in [0, 0.1) is 13.8 Å². The monoisotopic (exact) mass is 351 g/mol. The smallest absolute Gasteiger partial charge is 0.119 e. The Balaban J connectivity index is 1.66. The maximum absolute atomic E-state index is 5.81. The van der Waals surface area contributed by atoms with E-state index in [0.717, 1.165) is 50.2 Å². The van der Waals surface area contributed by atoms with Crippen LogP contribution < -0.4 is 10.1 Å². The van der Waals surface area contributed by atoms with Gasteiger partial charge in [0, 0.05) is 19.5 Å². The van der Waals surface area contributed by atoms with E-state index in [-0.39, 0.29) is 0 Å². The van der Waals surface area contributed by atoms with Gasteiger partial charge in [0.2, 0.25) is 0 Å². The molecule has 4 nitrogen and oxygen atoms in total. The molecule has 0 fully saturated rings. The van der Waals surface area contributed by atoms with Crippen LogP contribution in [0.4, 0.5) is 0 Å². The van der Waals surface area contributed by atoms with Crippen LogP contribution in [0.15, 0.2) is 42.5 Å². The number of hydrogen-bond acceptors (Lipinski definition) is 3. The number of hydrogen-bond donors (Lipinski definition) is 1. The molecule has 0 unspecified atom stereocenters. The van der Waals surface area contributed by atoms with E-state index in [0.29, 0.717) is 0 Å². The van der Waals surface area contributed by atoms with Crippen molar-refractivity contribution in [2.75, 3.05) is 20.2 Å². The normalized spacial score (nSPS) is 11.2. The summed E-state index contributed by atoms with van der Waals surface area (Å²) in [6.07, 6.45) is 3.06. The van der Waals surface area contributed by atoms with Crippen molar-refractivity contribution in [3.8, 4) is 5.75 Å². The van der Waals surface area contributed by atoms with Crippen LogP contribution in [0.3, 0.4) is 0 Å². The SMILES string of the molecule is CNCCc1nc2cc(C)c(C)cc2n1CCCCOc1ccccc1. The van der Waals surface area contributed by atoms with Crippen molar-refractivity contribution in [3.05, 3.63) is 59.4 Å². The van der Waals surface area contributed by atoms with Crippen LogP contribution in [0.25, 0.3) is 11.0 Å². The molecule has 26 heavy (non-hydrogen) atoms. The van der Waals surface area contributed by atoms with Crippen LogP contribution in [-0.2, 0) is 13.0 Å². The minimum Gasteiger partial charge on any atom is -0.494 e. The number of rotatable bonds is 9. The summed E-state index contributed by atoms with van der Waals surface area (Å²) in [7, 11) is 1.99. The topological polar surface area (TPSA) is 39.1 Å². The van der Waals surface area contributed by atoms with Crippen LogP contribution in [-0.4, -0.2) is 29.8 Å². The second-order valence-corrected chi connectivity index (χ2v) is 6.83. The Morgan fingerprint density at radius 1 is 1.04 bits per heavy atom. The zero-order valence-corrected chi connectivity index (χ0v) is 16.1. The first-order valence-corrected chi connectivity index (χ1v) is 9.48. The number of para-hydroxylation sites is 1. The lowest BCUT2D eigenvalue weighted by Crippen LogP contribution is -2.14. The van der Waals surface area contributed by atoms with E-state index in [1.165, 1.54) is 22.5 Å². The summed E-state index contributed by atoms with van der Waals surface area (Å²) in [6, 6.07) is 14.5. The third-order valence-electron chi connectivity index (χ3n) is 4.83. The third kappa shape index (κ3) is 4.44. The number of benzene rings is 2. The maximum atomic E-state index is 5.81. The molecule has 0 bridgehead atoms. The molecule has 138 valence electrons. The van der Waals surface area contributed by atoms with Gasteiger partial charge in [-0.15, -0.1) is 0 Å². The highest BCUT2D eigenvalue weighted by Gasteiger charge is 2.11. The van der Waals surface area contributed by atoms with Gasteiger partial charge in [0.1, 0.15) is 11.6 Å². The summed E-state index contributed by atoms with van der Waals surface area (Å²) in [4.78, 5) is 4.89. The van der Waals surface area contributed by atoms with E-state index in [2.05, 4.69) is 35.9 Å². The molecular weight excluding hydrogens is 322 g/mol. The predicted molar refractivity (Wildman–Crippen MR) is 108 cm³/mol. The first kappa shape index (κ1) is 18.5. The number of fused-ring (bicyclic) bond motifs is 1. The minimum absolute atomic E-state index is 0.751. The van der Waals surface area contributed by atoms with E-state index in [1.807, 2.05) is 37.4 Å². The highest BCUT2D eigenvalue weighted by atomic mass is 16.5. The van der Waals surface area contributed by atoms with Gasteiger partial charge in [0.05, 0.1) is 17.6 Å². The molecule has 0 aliphatic rings. The number of nitrogens with zero attached hydrogens (tertiary/aromatic N) is 2. The first-order valence-electron chi connectivity index (χ1n) is 9.48. The van der Waals surface area contributed by atoms with Gasteiger partial charge in [0.25, 0.3) is 0 Å². The maximum Gasteiger partial charge on any atom is 0.119 e. The average Bonchev–Trinajstić information content (AvgIpc) is 2.97. The lowest BCUT2D eigenvalue weighted by atomic mass is 10.1. The highest BCUT2D eigenvalue weighted by Crippen LogP contribution is 2.22. The number of unbranched alkanes of at least 4 members (excludes halogenated alkanes) is 1. The van der Waals surface area contributed by atoms with Crippen LogP contribution >= 0.6 is 0 Å². The Hall–Kier alpha value is -2.33. The van der Waals surface area contributed by atoms with Gasteiger partial charge in [-0.3, -0.25) is 0 Å². The Labute approximate surface area is 156 Å². The summed E-state index contributed by atoms with van der Waals surface area (Å²) in [5.41, 5.74) is 4.99. The lowest BCUT2D eigenvalue weighted by Gasteiger charge is -2.11. The Bertz CT molecular complexity index is 839. The first-order chi connectivity index (χ1) is 12.7. The molecule has 0 amide bonds. The van der Waals surface area contributed by atoms with Crippen molar-refractivity contribution in [3.63, 3.8) is 0 Å². The molecule has 0 aliphatic heterocycles. The molecular formula is C22H29N3O. The summed E-state index contributed by atoms with van der Waals surface area (Å²) < 4.78 is 8.20. The van der Waals surface area contributed by atoms with E-state index in [9.17, 15) is 0 Å². The molecule has 0 saturated carbocycles. The standard InChI is InChI=1S/C22H29N3O/c1-17-15-20-21(16-18(17)2)25(22(24-20)11-12-23-3)13-7-8-14-26-19-9-5-4-6-10-19/h4-6,9-10,15-16,23H,7-8,11-14H2,1-3H3. The molecule has 1 N–H and O–H groups in total. The van der Waals surface area contributed by atoms with E-state index >= 15 is 0 Å². The summed E-state index contributed by atoms with van der Waals surface area (Å²) in [6.45, 7) is 7.00. The van der Waals surface area contributed by atoms with Crippen LogP contribution in [0.1, 0.15) is 29.8 Å². The quantitative estimate of drug-likeness (QED) is 0.585. The number of aromatic nitrogens is 2. The molecule has 0 aliphatic carbocycles. The average molecular weight is 351 g/mol. The van der Waals surface area contributed by atoms with Gasteiger partial charge in [0.15, 0.2) is 0 Å². The van der Waals surface area contributed by atoms with Crippen molar-refractivity contribution in [2.24, 2.45) is 0 Å². The van der Waals surface area contributed by atoms with Gasteiger partial charge in [-0.2, -0.15) is 0 Å². The minimum atomic E-state index is 0.751. The second-order valence-electron chi connectivity index (χ2n) is 6.83. The highest BCUT2D eigenvalue weighted by molar-refractivity contribution is 5.78. The Kier molecular flexibility index (Phi) is 6.29. The van der Waals surface area contributed by atoms with Crippen molar-refractivity contribution in [1.29, 1.82) is 0 Å². The fraction of sp³-hybridized carbons (Fsp3) is 0.409. The van der Waals surface area contributed by atoms with Gasteiger partial charge >= 0.3 is 0 Å². The summed E-state index contributed by atoms with van der Waals surface area (Å²) in [5.74, 6) is 2.12. The number of imidazole rings is 1. The number of ether oxygens (including phenoxy) is 1. The summed E-state index contributed by atoms with van der Waals surface area (Å²) >= 11 is 0. The Morgan fingerprint density at radius 3 is 2.58 bits per heavy atom. The number of nitrogens with one attached hydrogen (secondary N) is 1.